The fraction of sp³-hybridized carbons (Fsp3) is 0.462. The first-order valence-corrected chi connectivity index (χ1v) is 5.57. The van der Waals surface area contributed by atoms with Crippen LogP contribution in [0.5, 0.6) is 5.75 Å². The second-order valence-corrected chi connectivity index (χ2v) is 4.46. The molecule has 0 aromatic heterocycles. The second kappa shape index (κ2) is 5.68. The third kappa shape index (κ3) is 4.07. The lowest BCUT2D eigenvalue weighted by Gasteiger charge is -2.20. The molecule has 0 saturated carbocycles. The summed E-state index contributed by atoms with van der Waals surface area (Å²) in [5.41, 5.74) is 0.270. The molecule has 0 aliphatic heterocycles. The van der Waals surface area contributed by atoms with E-state index in [-0.39, 0.29) is 0 Å². The SMILES string of the molecule is COc1ccc(CCNC(C)(C)C(=O)O)cc1. The van der Waals surface area contributed by atoms with Crippen LogP contribution in [0, 0.1) is 0 Å². The van der Waals surface area contributed by atoms with Gasteiger partial charge in [0.2, 0.25) is 0 Å². The molecule has 4 heteroatoms. The van der Waals surface area contributed by atoms with E-state index in [4.69, 9.17) is 9.84 Å². The first-order valence-electron chi connectivity index (χ1n) is 5.57. The van der Waals surface area contributed by atoms with Crippen molar-refractivity contribution >= 4 is 5.97 Å². The first-order chi connectivity index (χ1) is 7.95. The van der Waals surface area contributed by atoms with E-state index in [2.05, 4.69) is 5.32 Å². The number of carboxylic acids is 1. The highest BCUT2D eigenvalue weighted by atomic mass is 16.5. The van der Waals surface area contributed by atoms with Gasteiger partial charge in [0.15, 0.2) is 0 Å². The fourth-order valence-electron chi connectivity index (χ4n) is 1.39. The molecule has 0 heterocycles. The van der Waals surface area contributed by atoms with E-state index in [0.717, 1.165) is 17.7 Å². The predicted octanol–water partition coefficient (Wildman–Crippen LogP) is 1.69. The summed E-state index contributed by atoms with van der Waals surface area (Å²) >= 11 is 0. The van der Waals surface area contributed by atoms with Gasteiger partial charge in [0.05, 0.1) is 7.11 Å². The normalized spacial score (nSPS) is 11.2. The van der Waals surface area contributed by atoms with Gasteiger partial charge in [0, 0.05) is 6.54 Å². The Hall–Kier alpha value is -1.55. The quantitative estimate of drug-likeness (QED) is 0.790. The third-order valence-electron chi connectivity index (χ3n) is 2.67. The van der Waals surface area contributed by atoms with Gasteiger partial charge < -0.3 is 15.2 Å². The molecule has 1 rings (SSSR count). The molecule has 0 aliphatic carbocycles. The molecule has 2 N–H and O–H groups in total. The molecule has 0 atom stereocenters. The topological polar surface area (TPSA) is 58.6 Å². The number of hydrogen-bond donors (Lipinski definition) is 2. The van der Waals surface area contributed by atoms with Crippen molar-refractivity contribution in [2.75, 3.05) is 13.7 Å². The van der Waals surface area contributed by atoms with Crippen molar-refractivity contribution in [2.45, 2.75) is 25.8 Å². The molecule has 0 fully saturated rings. The minimum Gasteiger partial charge on any atom is -0.497 e. The Bertz CT molecular complexity index is 371. The first kappa shape index (κ1) is 13.5. The van der Waals surface area contributed by atoms with Crippen molar-refractivity contribution < 1.29 is 14.6 Å². The molecule has 0 amide bonds. The second-order valence-electron chi connectivity index (χ2n) is 4.46. The zero-order valence-corrected chi connectivity index (χ0v) is 10.5. The number of hydrogen-bond acceptors (Lipinski definition) is 3. The Morgan fingerprint density at radius 2 is 1.94 bits per heavy atom. The zero-order chi connectivity index (χ0) is 12.9. The minimum absolute atomic E-state index is 0.631. The molecule has 4 nitrogen and oxygen atoms in total. The van der Waals surface area contributed by atoms with E-state index in [1.54, 1.807) is 21.0 Å². The van der Waals surface area contributed by atoms with Gasteiger partial charge in [-0.05, 0) is 38.0 Å². The van der Waals surface area contributed by atoms with Crippen LogP contribution in [-0.4, -0.2) is 30.3 Å². The van der Waals surface area contributed by atoms with Gasteiger partial charge in [-0.3, -0.25) is 4.79 Å². The largest absolute Gasteiger partial charge is 0.497 e. The lowest BCUT2D eigenvalue weighted by molar-refractivity contribution is -0.143. The van der Waals surface area contributed by atoms with E-state index in [1.165, 1.54) is 0 Å². The van der Waals surface area contributed by atoms with Crippen molar-refractivity contribution in [1.82, 2.24) is 5.32 Å². The van der Waals surface area contributed by atoms with Gasteiger partial charge in [0.25, 0.3) is 0 Å². The predicted molar refractivity (Wildman–Crippen MR) is 66.4 cm³/mol. The van der Waals surface area contributed by atoms with E-state index >= 15 is 0 Å². The summed E-state index contributed by atoms with van der Waals surface area (Å²) in [7, 11) is 1.63. The van der Waals surface area contributed by atoms with Gasteiger partial charge in [-0.15, -0.1) is 0 Å². The smallest absolute Gasteiger partial charge is 0.323 e. The van der Waals surface area contributed by atoms with Crippen LogP contribution in [0.2, 0.25) is 0 Å². The van der Waals surface area contributed by atoms with Crippen LogP contribution in [0.25, 0.3) is 0 Å². The summed E-state index contributed by atoms with van der Waals surface area (Å²) in [6, 6.07) is 7.76. The highest BCUT2D eigenvalue weighted by Crippen LogP contribution is 2.11. The van der Waals surface area contributed by atoms with Gasteiger partial charge in [0.1, 0.15) is 11.3 Å². The third-order valence-corrected chi connectivity index (χ3v) is 2.67. The molecule has 1 aromatic carbocycles. The monoisotopic (exact) mass is 237 g/mol. The zero-order valence-electron chi connectivity index (χ0n) is 10.5. The molecule has 0 bridgehead atoms. The molecule has 94 valence electrons. The highest BCUT2D eigenvalue weighted by Gasteiger charge is 2.25. The van der Waals surface area contributed by atoms with Crippen molar-refractivity contribution in [3.8, 4) is 5.75 Å². The Balaban J connectivity index is 2.43. The molecule has 0 radical (unpaired) electrons. The Morgan fingerprint density at radius 3 is 2.41 bits per heavy atom. The van der Waals surface area contributed by atoms with Crippen molar-refractivity contribution in [2.24, 2.45) is 0 Å². The maximum absolute atomic E-state index is 10.9. The summed E-state index contributed by atoms with van der Waals surface area (Å²) in [6.07, 6.45) is 0.792. The van der Waals surface area contributed by atoms with E-state index < -0.39 is 11.5 Å². The Kier molecular flexibility index (Phi) is 4.52. The summed E-state index contributed by atoms with van der Waals surface area (Å²) < 4.78 is 5.07. The summed E-state index contributed by atoms with van der Waals surface area (Å²) in [5, 5.41) is 11.9. The number of methoxy groups -OCH3 is 1. The number of carbonyl (C=O) groups is 1. The van der Waals surface area contributed by atoms with Gasteiger partial charge in [-0.1, -0.05) is 12.1 Å². The maximum atomic E-state index is 10.9. The molecule has 1 aromatic rings. The van der Waals surface area contributed by atoms with Crippen LogP contribution in [0.4, 0.5) is 0 Å². The van der Waals surface area contributed by atoms with Crippen molar-refractivity contribution in [1.29, 1.82) is 0 Å². The summed E-state index contributed by atoms with van der Waals surface area (Å²) in [5.74, 6) is -0.0141. The summed E-state index contributed by atoms with van der Waals surface area (Å²) in [4.78, 5) is 10.9. The van der Waals surface area contributed by atoms with Crippen LogP contribution in [0.3, 0.4) is 0 Å². The van der Waals surface area contributed by atoms with Gasteiger partial charge in [-0.25, -0.2) is 0 Å². The summed E-state index contributed by atoms with van der Waals surface area (Å²) in [6.45, 7) is 3.94. The maximum Gasteiger partial charge on any atom is 0.323 e. The molecule has 0 unspecified atom stereocenters. The van der Waals surface area contributed by atoms with Crippen LogP contribution in [0.15, 0.2) is 24.3 Å². The molecule has 17 heavy (non-hydrogen) atoms. The number of ether oxygens (including phenoxy) is 1. The molecular weight excluding hydrogens is 218 g/mol. The highest BCUT2D eigenvalue weighted by molar-refractivity contribution is 5.77. The Morgan fingerprint density at radius 1 is 1.35 bits per heavy atom. The lowest BCUT2D eigenvalue weighted by Crippen LogP contribution is -2.47. The van der Waals surface area contributed by atoms with Crippen LogP contribution in [0.1, 0.15) is 19.4 Å². The number of carboxylic acid groups (broad SMARTS) is 1. The van der Waals surface area contributed by atoms with E-state index in [1.807, 2.05) is 24.3 Å². The number of rotatable bonds is 6. The number of benzene rings is 1. The van der Waals surface area contributed by atoms with Gasteiger partial charge >= 0.3 is 5.97 Å². The number of aliphatic carboxylic acids is 1. The number of nitrogens with one attached hydrogen (secondary N) is 1. The average Bonchev–Trinajstić information content (AvgIpc) is 2.29. The molecular formula is C13H19NO3. The molecule has 0 spiro atoms. The molecule has 0 saturated heterocycles. The molecule has 0 aliphatic rings. The van der Waals surface area contributed by atoms with Crippen LogP contribution >= 0.6 is 0 Å². The minimum atomic E-state index is -0.882. The van der Waals surface area contributed by atoms with Crippen LogP contribution in [-0.2, 0) is 11.2 Å². The average molecular weight is 237 g/mol. The van der Waals surface area contributed by atoms with E-state index in [9.17, 15) is 4.79 Å². The fourth-order valence-corrected chi connectivity index (χ4v) is 1.39. The van der Waals surface area contributed by atoms with E-state index in [0.29, 0.717) is 6.54 Å². The van der Waals surface area contributed by atoms with Crippen molar-refractivity contribution in [3.63, 3.8) is 0 Å². The standard InChI is InChI=1S/C13H19NO3/c1-13(2,12(15)16)14-9-8-10-4-6-11(17-3)7-5-10/h4-7,14H,8-9H2,1-3H3,(H,15,16). The van der Waals surface area contributed by atoms with Gasteiger partial charge in [-0.2, -0.15) is 0 Å². The van der Waals surface area contributed by atoms with Crippen LogP contribution < -0.4 is 10.1 Å². The lowest BCUT2D eigenvalue weighted by atomic mass is 10.1. The van der Waals surface area contributed by atoms with Crippen molar-refractivity contribution in [3.05, 3.63) is 29.8 Å². The Labute approximate surface area is 102 Å².